The number of rotatable bonds is 3. The zero-order valence-electron chi connectivity index (χ0n) is 11.7. The van der Waals surface area contributed by atoms with Gasteiger partial charge in [0.15, 0.2) is 0 Å². The summed E-state index contributed by atoms with van der Waals surface area (Å²) in [7, 11) is 1.84. The molecule has 0 atom stereocenters. The summed E-state index contributed by atoms with van der Waals surface area (Å²) in [6, 6.07) is 8.27. The number of benzene rings is 1. The van der Waals surface area contributed by atoms with Gasteiger partial charge in [-0.25, -0.2) is 0 Å². The molecule has 1 amide bonds. The lowest BCUT2D eigenvalue weighted by Crippen LogP contribution is -2.52. The lowest BCUT2D eigenvalue weighted by molar-refractivity contribution is -0.136. The van der Waals surface area contributed by atoms with Crippen LogP contribution >= 0.6 is 12.4 Å². The predicted molar refractivity (Wildman–Crippen MR) is 80.3 cm³/mol. The minimum Gasteiger partial charge on any atom is -0.340 e. The van der Waals surface area contributed by atoms with Gasteiger partial charge in [0.2, 0.25) is 5.91 Å². The number of aryl methyl sites for hydroxylation is 1. The first-order valence-corrected chi connectivity index (χ1v) is 6.61. The first-order valence-electron chi connectivity index (χ1n) is 6.61. The van der Waals surface area contributed by atoms with Crippen LogP contribution in [0.3, 0.4) is 0 Å². The van der Waals surface area contributed by atoms with Crippen LogP contribution in [-0.4, -0.2) is 23.4 Å². The van der Waals surface area contributed by atoms with Crippen LogP contribution in [0.2, 0.25) is 0 Å². The van der Waals surface area contributed by atoms with Gasteiger partial charge in [0.05, 0.1) is 5.54 Å². The maximum atomic E-state index is 12.3. The maximum absolute atomic E-state index is 12.3. The number of amides is 1. The summed E-state index contributed by atoms with van der Waals surface area (Å²) in [5.74, 6) is 0.0839. The van der Waals surface area contributed by atoms with Crippen LogP contribution in [0.15, 0.2) is 24.3 Å². The summed E-state index contributed by atoms with van der Waals surface area (Å²) in [4.78, 5) is 14.1. The number of hydrogen-bond donors (Lipinski definition) is 1. The number of nitrogens with two attached hydrogens (primary N) is 1. The van der Waals surface area contributed by atoms with Crippen LogP contribution in [0, 0.1) is 6.92 Å². The van der Waals surface area contributed by atoms with Crippen molar-refractivity contribution in [3.8, 4) is 0 Å². The predicted octanol–water partition coefficient (Wildman–Crippen LogP) is 2.65. The van der Waals surface area contributed by atoms with Gasteiger partial charge in [0.1, 0.15) is 0 Å². The second kappa shape index (κ2) is 6.40. The molecule has 0 radical (unpaired) electrons. The first kappa shape index (κ1) is 16.0. The summed E-state index contributed by atoms with van der Waals surface area (Å²) in [6.07, 6.45) is 3.79. The van der Waals surface area contributed by atoms with Gasteiger partial charge in [0.25, 0.3) is 0 Å². The molecule has 1 aromatic rings. The zero-order valence-corrected chi connectivity index (χ0v) is 12.5. The highest BCUT2D eigenvalue weighted by Crippen LogP contribution is 2.29. The van der Waals surface area contributed by atoms with Crippen molar-refractivity contribution in [2.24, 2.45) is 5.73 Å². The Morgan fingerprint density at radius 3 is 2.32 bits per heavy atom. The molecule has 2 rings (SSSR count). The molecule has 1 aliphatic rings. The Morgan fingerprint density at radius 1 is 1.26 bits per heavy atom. The number of halogens is 1. The highest BCUT2D eigenvalue weighted by Gasteiger charge is 2.38. The minimum atomic E-state index is -0.612. The third-order valence-electron chi connectivity index (χ3n) is 3.81. The Labute approximate surface area is 121 Å². The van der Waals surface area contributed by atoms with Gasteiger partial charge in [-0.3, -0.25) is 4.79 Å². The van der Waals surface area contributed by atoms with Crippen molar-refractivity contribution in [3.05, 3.63) is 35.4 Å². The number of hydrogen-bond acceptors (Lipinski definition) is 2. The molecule has 0 bridgehead atoms. The van der Waals surface area contributed by atoms with Crippen molar-refractivity contribution in [1.82, 2.24) is 4.90 Å². The van der Waals surface area contributed by atoms with Gasteiger partial charge in [0, 0.05) is 13.6 Å². The van der Waals surface area contributed by atoms with Crippen molar-refractivity contribution in [1.29, 1.82) is 0 Å². The smallest absolute Gasteiger partial charge is 0.242 e. The van der Waals surface area contributed by atoms with Crippen molar-refractivity contribution >= 4 is 18.3 Å². The van der Waals surface area contributed by atoms with Gasteiger partial charge >= 0.3 is 0 Å². The minimum absolute atomic E-state index is 0. The molecule has 1 aromatic carbocycles. The third kappa shape index (κ3) is 3.71. The molecule has 1 aliphatic carbocycles. The summed E-state index contributed by atoms with van der Waals surface area (Å²) < 4.78 is 0. The van der Waals surface area contributed by atoms with E-state index < -0.39 is 5.54 Å². The molecule has 2 N–H and O–H groups in total. The number of likely N-dealkylation sites (N-methyl/N-ethyl adjacent to an activating group) is 1. The number of nitrogens with zero attached hydrogens (tertiary/aromatic N) is 1. The standard InChI is InChI=1S/C15H22N2O.ClH/c1-12-5-7-13(8-6-12)11-17(2)14(18)15(16)9-3-4-10-15;/h5-8H,3-4,9-11,16H2,1-2H3;1H. The fraction of sp³-hybridized carbons (Fsp3) is 0.533. The van der Waals surface area contributed by atoms with E-state index in [1.807, 2.05) is 7.05 Å². The Hall–Kier alpha value is -1.06. The van der Waals surface area contributed by atoms with E-state index in [9.17, 15) is 4.79 Å². The molecule has 0 unspecified atom stereocenters. The molecule has 1 saturated carbocycles. The Kier molecular flexibility index (Phi) is 5.39. The maximum Gasteiger partial charge on any atom is 0.242 e. The fourth-order valence-corrected chi connectivity index (χ4v) is 2.64. The van der Waals surface area contributed by atoms with E-state index in [0.29, 0.717) is 6.54 Å². The third-order valence-corrected chi connectivity index (χ3v) is 3.81. The average Bonchev–Trinajstić information content (AvgIpc) is 2.79. The fourth-order valence-electron chi connectivity index (χ4n) is 2.64. The van der Waals surface area contributed by atoms with E-state index >= 15 is 0 Å². The summed E-state index contributed by atoms with van der Waals surface area (Å²) in [6.45, 7) is 2.70. The average molecular weight is 283 g/mol. The summed E-state index contributed by atoms with van der Waals surface area (Å²) in [5, 5.41) is 0. The molecule has 0 spiro atoms. The number of carbonyl (C=O) groups is 1. The Balaban J connectivity index is 0.00000180. The molecular formula is C15H23ClN2O. The molecule has 1 fully saturated rings. The monoisotopic (exact) mass is 282 g/mol. The topological polar surface area (TPSA) is 46.3 Å². The Bertz CT molecular complexity index is 424. The van der Waals surface area contributed by atoms with Gasteiger partial charge in [-0.15, -0.1) is 12.4 Å². The van der Waals surface area contributed by atoms with E-state index in [1.165, 1.54) is 5.56 Å². The normalized spacial score (nSPS) is 16.8. The van der Waals surface area contributed by atoms with Crippen LogP contribution < -0.4 is 5.73 Å². The Morgan fingerprint density at radius 2 is 1.79 bits per heavy atom. The van der Waals surface area contributed by atoms with E-state index in [0.717, 1.165) is 31.2 Å². The molecule has 0 aromatic heterocycles. The molecule has 0 heterocycles. The second-order valence-corrected chi connectivity index (χ2v) is 5.51. The van der Waals surface area contributed by atoms with Crippen LogP contribution in [0.5, 0.6) is 0 Å². The largest absolute Gasteiger partial charge is 0.340 e. The highest BCUT2D eigenvalue weighted by atomic mass is 35.5. The van der Waals surface area contributed by atoms with Crippen molar-refractivity contribution < 1.29 is 4.79 Å². The van der Waals surface area contributed by atoms with Crippen LogP contribution in [-0.2, 0) is 11.3 Å². The van der Waals surface area contributed by atoms with E-state index in [-0.39, 0.29) is 18.3 Å². The van der Waals surface area contributed by atoms with Gasteiger partial charge < -0.3 is 10.6 Å². The van der Waals surface area contributed by atoms with Crippen LogP contribution in [0.1, 0.15) is 36.8 Å². The van der Waals surface area contributed by atoms with Crippen LogP contribution in [0.4, 0.5) is 0 Å². The number of carbonyl (C=O) groups excluding carboxylic acids is 1. The van der Waals surface area contributed by atoms with Crippen LogP contribution in [0.25, 0.3) is 0 Å². The summed E-state index contributed by atoms with van der Waals surface area (Å²) >= 11 is 0. The molecule has 106 valence electrons. The molecule has 0 saturated heterocycles. The van der Waals surface area contributed by atoms with Crippen molar-refractivity contribution in [2.75, 3.05) is 7.05 Å². The van der Waals surface area contributed by atoms with Gasteiger partial charge in [-0.05, 0) is 25.3 Å². The zero-order chi connectivity index (χ0) is 13.2. The van der Waals surface area contributed by atoms with Crippen molar-refractivity contribution in [2.45, 2.75) is 44.7 Å². The molecule has 4 heteroatoms. The van der Waals surface area contributed by atoms with E-state index in [4.69, 9.17) is 5.73 Å². The SMILES string of the molecule is Cc1ccc(CN(C)C(=O)C2(N)CCCC2)cc1.Cl. The molecule has 0 aliphatic heterocycles. The first-order chi connectivity index (χ1) is 8.51. The lowest BCUT2D eigenvalue weighted by atomic mass is 9.97. The van der Waals surface area contributed by atoms with E-state index in [2.05, 4.69) is 31.2 Å². The molecule has 19 heavy (non-hydrogen) atoms. The lowest BCUT2D eigenvalue weighted by Gasteiger charge is -2.28. The highest BCUT2D eigenvalue weighted by molar-refractivity contribution is 5.86. The second-order valence-electron chi connectivity index (χ2n) is 5.51. The van der Waals surface area contributed by atoms with Gasteiger partial charge in [-0.1, -0.05) is 42.7 Å². The summed E-state index contributed by atoms with van der Waals surface area (Å²) in [5.41, 5.74) is 7.96. The molecule has 3 nitrogen and oxygen atoms in total. The quantitative estimate of drug-likeness (QED) is 0.926. The molecular weight excluding hydrogens is 260 g/mol. The van der Waals surface area contributed by atoms with E-state index in [1.54, 1.807) is 4.90 Å². The van der Waals surface area contributed by atoms with Crippen molar-refractivity contribution in [3.63, 3.8) is 0 Å². The van der Waals surface area contributed by atoms with Gasteiger partial charge in [-0.2, -0.15) is 0 Å².